The summed E-state index contributed by atoms with van der Waals surface area (Å²) in [7, 11) is 0. The highest BCUT2D eigenvalue weighted by molar-refractivity contribution is 6.06. The molecule has 0 spiro atoms. The monoisotopic (exact) mass is 264 g/mol. The van der Waals surface area contributed by atoms with Crippen molar-refractivity contribution >= 4 is 27.4 Å². The van der Waals surface area contributed by atoms with Crippen molar-refractivity contribution in [2.24, 2.45) is 0 Å². The first-order valence-corrected chi connectivity index (χ1v) is 6.53. The maximum Gasteiger partial charge on any atom is 0.259 e. The topological polar surface area (TPSA) is 48.0 Å². The van der Waals surface area contributed by atoms with Crippen molar-refractivity contribution in [1.82, 2.24) is 4.57 Å². The molecule has 2 N–H and O–H groups in total. The van der Waals surface area contributed by atoms with Crippen molar-refractivity contribution in [3.05, 3.63) is 65.0 Å². The Bertz CT molecular complexity index is 891. The second-order valence-corrected chi connectivity index (χ2v) is 5.17. The van der Waals surface area contributed by atoms with E-state index in [1.165, 1.54) is 0 Å². The molecule has 0 aliphatic heterocycles. The molecule has 0 saturated heterocycles. The predicted molar refractivity (Wildman–Crippen MR) is 84.9 cm³/mol. The minimum absolute atomic E-state index is 0.0147. The number of allylic oxidation sites excluding steroid dienone is 1. The Morgan fingerprint density at radius 1 is 1.15 bits per heavy atom. The second-order valence-electron chi connectivity index (χ2n) is 5.17. The third-order valence-corrected chi connectivity index (χ3v) is 3.43. The smallest absolute Gasteiger partial charge is 0.259 e. The molecule has 0 aliphatic carbocycles. The Hall–Kier alpha value is -2.55. The van der Waals surface area contributed by atoms with Crippen LogP contribution in [0.5, 0.6) is 0 Å². The lowest BCUT2D eigenvalue weighted by molar-refractivity contribution is 0.790. The molecule has 1 heterocycles. The van der Waals surface area contributed by atoms with Crippen LogP contribution in [0.3, 0.4) is 0 Å². The maximum absolute atomic E-state index is 12.7. The lowest BCUT2D eigenvalue weighted by Crippen LogP contribution is -2.21. The van der Waals surface area contributed by atoms with Crippen molar-refractivity contribution in [2.45, 2.75) is 13.5 Å². The number of fused-ring (bicyclic) bond motifs is 3. The number of nitrogen functional groups attached to an aromatic ring is 1. The van der Waals surface area contributed by atoms with E-state index in [4.69, 9.17) is 5.73 Å². The van der Waals surface area contributed by atoms with E-state index in [-0.39, 0.29) is 5.56 Å². The highest BCUT2D eigenvalue weighted by Crippen LogP contribution is 2.25. The number of nitrogens with two attached hydrogens (primary N) is 1. The Balaban J connectivity index is 2.55. The van der Waals surface area contributed by atoms with Gasteiger partial charge in [-0.2, -0.15) is 0 Å². The number of hydrogen-bond acceptors (Lipinski definition) is 2. The second kappa shape index (κ2) is 4.53. The molecule has 0 amide bonds. The van der Waals surface area contributed by atoms with Gasteiger partial charge >= 0.3 is 0 Å². The zero-order valence-corrected chi connectivity index (χ0v) is 11.4. The first kappa shape index (κ1) is 12.5. The van der Waals surface area contributed by atoms with Gasteiger partial charge in [0.05, 0.1) is 5.52 Å². The number of nitrogens with zero attached hydrogens (tertiary/aromatic N) is 1. The third-order valence-electron chi connectivity index (χ3n) is 3.43. The Morgan fingerprint density at radius 3 is 2.55 bits per heavy atom. The standard InChI is InChI=1S/C17H16N2O/c1-11(2)10-19-16-8-7-12(18)9-15(16)13-5-3-4-6-14(13)17(19)20/h3-9H,1,10,18H2,2H3. The molecule has 3 aromatic rings. The summed E-state index contributed by atoms with van der Waals surface area (Å²) in [6.07, 6.45) is 0. The minimum atomic E-state index is 0.0147. The highest BCUT2D eigenvalue weighted by atomic mass is 16.1. The predicted octanol–water partition coefficient (Wildman–Crippen LogP) is 3.31. The number of benzene rings is 2. The van der Waals surface area contributed by atoms with Gasteiger partial charge < -0.3 is 10.3 Å². The van der Waals surface area contributed by atoms with Crippen LogP contribution in [-0.4, -0.2) is 4.57 Å². The molecule has 0 fully saturated rings. The number of pyridine rings is 1. The van der Waals surface area contributed by atoms with Crippen LogP contribution in [0.4, 0.5) is 5.69 Å². The van der Waals surface area contributed by atoms with Gasteiger partial charge in [-0.1, -0.05) is 30.4 Å². The SMILES string of the molecule is C=C(C)Cn1c(=O)c2ccccc2c2cc(N)ccc21. The van der Waals surface area contributed by atoms with Gasteiger partial charge in [-0.15, -0.1) is 0 Å². The lowest BCUT2D eigenvalue weighted by Gasteiger charge is -2.13. The average molecular weight is 264 g/mol. The molecular weight excluding hydrogens is 248 g/mol. The van der Waals surface area contributed by atoms with Crippen molar-refractivity contribution in [3.8, 4) is 0 Å². The van der Waals surface area contributed by atoms with Gasteiger partial charge in [0.15, 0.2) is 0 Å². The molecule has 0 aliphatic rings. The van der Waals surface area contributed by atoms with Gasteiger partial charge in [0.1, 0.15) is 0 Å². The van der Waals surface area contributed by atoms with Crippen LogP contribution in [0.15, 0.2) is 59.4 Å². The summed E-state index contributed by atoms with van der Waals surface area (Å²) in [6.45, 7) is 6.35. The molecule has 0 saturated carbocycles. The zero-order valence-electron chi connectivity index (χ0n) is 11.4. The van der Waals surface area contributed by atoms with E-state index in [1.54, 1.807) is 4.57 Å². The molecule has 20 heavy (non-hydrogen) atoms. The van der Waals surface area contributed by atoms with Crippen molar-refractivity contribution in [3.63, 3.8) is 0 Å². The summed E-state index contributed by atoms with van der Waals surface area (Å²) in [4.78, 5) is 12.7. The fourth-order valence-electron chi connectivity index (χ4n) is 2.59. The van der Waals surface area contributed by atoms with E-state index < -0.39 is 0 Å². The molecule has 0 unspecified atom stereocenters. The molecule has 0 bridgehead atoms. The molecule has 0 radical (unpaired) electrons. The number of aromatic nitrogens is 1. The average Bonchev–Trinajstić information content (AvgIpc) is 2.43. The molecule has 0 atom stereocenters. The molecule has 3 nitrogen and oxygen atoms in total. The van der Waals surface area contributed by atoms with Gasteiger partial charge in [0.25, 0.3) is 5.56 Å². The molecular formula is C17H16N2O. The highest BCUT2D eigenvalue weighted by Gasteiger charge is 2.10. The number of rotatable bonds is 2. The normalized spacial score (nSPS) is 11.1. The van der Waals surface area contributed by atoms with Crippen LogP contribution >= 0.6 is 0 Å². The van der Waals surface area contributed by atoms with E-state index in [1.807, 2.05) is 49.4 Å². The summed E-state index contributed by atoms with van der Waals surface area (Å²) < 4.78 is 1.76. The lowest BCUT2D eigenvalue weighted by atomic mass is 10.1. The summed E-state index contributed by atoms with van der Waals surface area (Å²) in [5.41, 5.74) is 8.45. The van der Waals surface area contributed by atoms with Crippen LogP contribution in [0.25, 0.3) is 21.7 Å². The number of hydrogen-bond donors (Lipinski definition) is 1. The third kappa shape index (κ3) is 1.88. The maximum atomic E-state index is 12.7. The van der Waals surface area contributed by atoms with Crippen LogP contribution in [0.2, 0.25) is 0 Å². The first-order chi connectivity index (χ1) is 9.58. The van der Waals surface area contributed by atoms with Gasteiger partial charge in [0, 0.05) is 23.0 Å². The van der Waals surface area contributed by atoms with E-state index in [2.05, 4.69) is 6.58 Å². The van der Waals surface area contributed by atoms with Crippen LogP contribution in [0.1, 0.15) is 6.92 Å². The summed E-state index contributed by atoms with van der Waals surface area (Å²) in [6, 6.07) is 13.3. The van der Waals surface area contributed by atoms with Gasteiger partial charge in [-0.3, -0.25) is 4.79 Å². The largest absolute Gasteiger partial charge is 0.399 e. The molecule has 100 valence electrons. The van der Waals surface area contributed by atoms with E-state index in [0.717, 1.165) is 21.9 Å². The molecule has 3 rings (SSSR count). The summed E-state index contributed by atoms with van der Waals surface area (Å²) in [5, 5.41) is 2.66. The van der Waals surface area contributed by atoms with Crippen molar-refractivity contribution < 1.29 is 0 Å². The first-order valence-electron chi connectivity index (χ1n) is 6.53. The van der Waals surface area contributed by atoms with Crippen LogP contribution in [0, 0.1) is 0 Å². The number of anilines is 1. The molecule has 3 heteroatoms. The van der Waals surface area contributed by atoms with Crippen molar-refractivity contribution in [2.75, 3.05) is 5.73 Å². The van der Waals surface area contributed by atoms with Crippen molar-refractivity contribution in [1.29, 1.82) is 0 Å². The molecule has 2 aromatic carbocycles. The van der Waals surface area contributed by atoms with E-state index >= 15 is 0 Å². The summed E-state index contributed by atoms with van der Waals surface area (Å²) in [5.74, 6) is 0. The quantitative estimate of drug-likeness (QED) is 0.438. The summed E-state index contributed by atoms with van der Waals surface area (Å²) >= 11 is 0. The fraction of sp³-hybridized carbons (Fsp3) is 0.118. The van der Waals surface area contributed by atoms with Crippen LogP contribution < -0.4 is 11.3 Å². The van der Waals surface area contributed by atoms with Gasteiger partial charge in [0.2, 0.25) is 0 Å². The Labute approximate surface area is 116 Å². The zero-order chi connectivity index (χ0) is 14.3. The van der Waals surface area contributed by atoms with Gasteiger partial charge in [-0.25, -0.2) is 0 Å². The van der Waals surface area contributed by atoms with Gasteiger partial charge in [-0.05, 0) is 36.6 Å². The Kier molecular flexibility index (Phi) is 2.83. The minimum Gasteiger partial charge on any atom is -0.399 e. The van der Waals surface area contributed by atoms with Crippen LogP contribution in [-0.2, 0) is 6.54 Å². The fourth-order valence-corrected chi connectivity index (χ4v) is 2.59. The Morgan fingerprint density at radius 2 is 1.85 bits per heavy atom. The van der Waals surface area contributed by atoms with E-state index in [0.29, 0.717) is 17.6 Å². The molecule has 1 aromatic heterocycles. The van der Waals surface area contributed by atoms with E-state index in [9.17, 15) is 4.79 Å².